The van der Waals surface area contributed by atoms with Crippen molar-refractivity contribution in [2.24, 2.45) is 5.73 Å². The van der Waals surface area contributed by atoms with Gasteiger partial charge < -0.3 is 5.73 Å². The van der Waals surface area contributed by atoms with Gasteiger partial charge in [-0.2, -0.15) is 11.8 Å². The van der Waals surface area contributed by atoms with E-state index < -0.39 is 10.0 Å². The maximum atomic E-state index is 12.3. The second-order valence-electron chi connectivity index (χ2n) is 4.15. The van der Waals surface area contributed by atoms with Gasteiger partial charge in [0.2, 0.25) is 10.0 Å². The number of halogens is 1. The van der Waals surface area contributed by atoms with E-state index in [4.69, 9.17) is 5.73 Å². The van der Waals surface area contributed by atoms with E-state index in [1.165, 1.54) is 0 Å². The van der Waals surface area contributed by atoms with Crippen LogP contribution in [-0.4, -0.2) is 26.0 Å². The fraction of sp³-hybridized carbons (Fsp3) is 0.500. The lowest BCUT2D eigenvalue weighted by Gasteiger charge is -2.15. The molecule has 1 atom stereocenters. The fourth-order valence-corrected chi connectivity index (χ4v) is 4.57. The van der Waals surface area contributed by atoms with Crippen molar-refractivity contribution in [3.8, 4) is 0 Å². The molecule has 0 saturated carbocycles. The highest BCUT2D eigenvalue weighted by Crippen LogP contribution is 2.23. The van der Waals surface area contributed by atoms with Crippen LogP contribution in [0.2, 0.25) is 0 Å². The van der Waals surface area contributed by atoms with Crippen molar-refractivity contribution in [2.75, 3.05) is 11.5 Å². The molecule has 1 aromatic carbocycles. The first-order valence-electron chi connectivity index (χ1n) is 5.99. The molecule has 0 aliphatic heterocycles. The molecule has 7 heteroatoms. The normalized spacial score (nSPS) is 13.5. The van der Waals surface area contributed by atoms with Crippen LogP contribution in [-0.2, 0) is 16.6 Å². The van der Waals surface area contributed by atoms with E-state index in [2.05, 4.69) is 20.7 Å². The molecule has 0 saturated heterocycles. The molecule has 0 radical (unpaired) electrons. The Morgan fingerprint density at radius 3 is 2.74 bits per heavy atom. The van der Waals surface area contributed by atoms with E-state index in [0.29, 0.717) is 11.0 Å². The van der Waals surface area contributed by atoms with Crippen LogP contribution in [0.3, 0.4) is 0 Å². The van der Waals surface area contributed by atoms with Gasteiger partial charge in [-0.1, -0.05) is 13.0 Å². The van der Waals surface area contributed by atoms with Gasteiger partial charge in [-0.15, -0.1) is 0 Å². The summed E-state index contributed by atoms with van der Waals surface area (Å²) in [5.74, 6) is 1.72. The summed E-state index contributed by atoms with van der Waals surface area (Å²) in [5, 5.41) is 0. The Labute approximate surface area is 127 Å². The van der Waals surface area contributed by atoms with Crippen molar-refractivity contribution < 1.29 is 8.42 Å². The van der Waals surface area contributed by atoms with Gasteiger partial charge in [0.05, 0.1) is 4.90 Å². The molecule has 1 rings (SSSR count). The van der Waals surface area contributed by atoms with Crippen molar-refractivity contribution in [3.63, 3.8) is 0 Å². The van der Waals surface area contributed by atoms with Gasteiger partial charge in [-0.25, -0.2) is 13.1 Å². The van der Waals surface area contributed by atoms with E-state index >= 15 is 0 Å². The third kappa shape index (κ3) is 5.07. The summed E-state index contributed by atoms with van der Waals surface area (Å²) in [5.41, 5.74) is 6.34. The fourth-order valence-electron chi connectivity index (χ4n) is 1.54. The Morgan fingerprint density at radius 2 is 2.16 bits per heavy atom. The molecule has 0 aliphatic carbocycles. The first-order valence-corrected chi connectivity index (χ1v) is 9.42. The van der Waals surface area contributed by atoms with Gasteiger partial charge in [-0.05, 0) is 46.3 Å². The lowest BCUT2D eigenvalue weighted by atomic mass is 10.2. The zero-order valence-corrected chi connectivity index (χ0v) is 14.2. The smallest absolute Gasteiger partial charge is 0.241 e. The van der Waals surface area contributed by atoms with Gasteiger partial charge >= 0.3 is 0 Å². The molecule has 3 N–H and O–H groups in total. The lowest BCUT2D eigenvalue weighted by Crippen LogP contribution is -2.34. The first-order chi connectivity index (χ1) is 8.90. The highest BCUT2D eigenvalue weighted by molar-refractivity contribution is 9.10. The number of rotatable bonds is 7. The summed E-state index contributed by atoms with van der Waals surface area (Å²) in [6.45, 7) is 4.23. The number of hydrogen-bond donors (Lipinski definition) is 2. The SMILES string of the molecule is CCSCC(C)NS(=O)(=O)c1cc(CN)ccc1Br. The zero-order chi connectivity index (χ0) is 14.5. The van der Waals surface area contributed by atoms with Crippen molar-refractivity contribution in [3.05, 3.63) is 28.2 Å². The topological polar surface area (TPSA) is 72.2 Å². The summed E-state index contributed by atoms with van der Waals surface area (Å²) in [4.78, 5) is 0.240. The third-order valence-electron chi connectivity index (χ3n) is 2.45. The van der Waals surface area contributed by atoms with Gasteiger partial charge in [0, 0.05) is 22.8 Å². The average molecular weight is 367 g/mol. The van der Waals surface area contributed by atoms with E-state index in [0.717, 1.165) is 17.1 Å². The Balaban J connectivity index is 2.93. The van der Waals surface area contributed by atoms with Crippen LogP contribution in [0.4, 0.5) is 0 Å². The molecule has 1 unspecified atom stereocenters. The van der Waals surface area contributed by atoms with Gasteiger partial charge in [0.25, 0.3) is 0 Å². The van der Waals surface area contributed by atoms with Crippen LogP contribution in [0.25, 0.3) is 0 Å². The summed E-state index contributed by atoms with van der Waals surface area (Å²) >= 11 is 4.98. The average Bonchev–Trinajstić information content (AvgIpc) is 2.36. The molecule has 0 aromatic heterocycles. The maximum absolute atomic E-state index is 12.3. The molecule has 1 aromatic rings. The van der Waals surface area contributed by atoms with E-state index in [1.807, 2.05) is 13.8 Å². The number of sulfonamides is 1. The van der Waals surface area contributed by atoms with Gasteiger partial charge in [0.1, 0.15) is 0 Å². The lowest BCUT2D eigenvalue weighted by molar-refractivity contribution is 0.570. The monoisotopic (exact) mass is 366 g/mol. The zero-order valence-electron chi connectivity index (χ0n) is 11.0. The number of thioether (sulfide) groups is 1. The second kappa shape index (κ2) is 7.64. The molecule has 0 amide bonds. The second-order valence-corrected chi connectivity index (χ2v) is 8.01. The van der Waals surface area contributed by atoms with Crippen LogP contribution in [0, 0.1) is 0 Å². The van der Waals surface area contributed by atoms with Crippen molar-refractivity contribution in [2.45, 2.75) is 31.3 Å². The molecule has 0 aliphatic rings. The molecule has 0 fully saturated rings. The van der Waals surface area contributed by atoms with Crippen LogP contribution >= 0.6 is 27.7 Å². The predicted molar refractivity (Wildman–Crippen MR) is 84.8 cm³/mol. The summed E-state index contributed by atoms with van der Waals surface area (Å²) < 4.78 is 27.8. The molecule has 0 spiro atoms. The van der Waals surface area contributed by atoms with Crippen LogP contribution in [0.5, 0.6) is 0 Å². The van der Waals surface area contributed by atoms with Crippen LogP contribution in [0.1, 0.15) is 19.4 Å². The molecular weight excluding hydrogens is 348 g/mol. The van der Waals surface area contributed by atoms with Crippen molar-refractivity contribution in [1.82, 2.24) is 4.72 Å². The minimum Gasteiger partial charge on any atom is -0.326 e. The first kappa shape index (κ1) is 17.0. The summed E-state index contributed by atoms with van der Waals surface area (Å²) in [7, 11) is -3.52. The number of hydrogen-bond acceptors (Lipinski definition) is 4. The van der Waals surface area contributed by atoms with E-state index in [1.54, 1.807) is 30.0 Å². The molecule has 19 heavy (non-hydrogen) atoms. The Kier molecular flexibility index (Phi) is 6.82. The van der Waals surface area contributed by atoms with Gasteiger partial charge in [0.15, 0.2) is 0 Å². The quantitative estimate of drug-likeness (QED) is 0.776. The Bertz CT molecular complexity index is 520. The standard InChI is InChI=1S/C12H19BrN2O2S2/c1-3-18-8-9(2)15-19(16,17)12-6-10(7-14)4-5-11(12)13/h4-6,9,15H,3,7-8,14H2,1-2H3. The summed E-state index contributed by atoms with van der Waals surface area (Å²) in [6, 6.07) is 5.01. The van der Waals surface area contributed by atoms with E-state index in [-0.39, 0.29) is 10.9 Å². The highest BCUT2D eigenvalue weighted by atomic mass is 79.9. The maximum Gasteiger partial charge on any atom is 0.241 e. The van der Waals surface area contributed by atoms with E-state index in [9.17, 15) is 8.42 Å². The molecule has 0 heterocycles. The van der Waals surface area contributed by atoms with Crippen molar-refractivity contribution >= 4 is 37.7 Å². The van der Waals surface area contributed by atoms with Crippen molar-refractivity contribution in [1.29, 1.82) is 0 Å². The number of nitrogens with one attached hydrogen (secondary N) is 1. The minimum absolute atomic E-state index is 0.108. The molecule has 0 bridgehead atoms. The minimum atomic E-state index is -3.52. The molecular formula is C12H19BrN2O2S2. The molecule has 108 valence electrons. The summed E-state index contributed by atoms with van der Waals surface area (Å²) in [6.07, 6.45) is 0. The predicted octanol–water partition coefficient (Wildman–Crippen LogP) is 2.33. The van der Waals surface area contributed by atoms with Crippen LogP contribution in [0.15, 0.2) is 27.6 Å². The highest BCUT2D eigenvalue weighted by Gasteiger charge is 2.20. The number of benzene rings is 1. The largest absolute Gasteiger partial charge is 0.326 e. The third-order valence-corrected chi connectivity index (χ3v) is 6.18. The number of nitrogens with two attached hydrogens (primary N) is 1. The van der Waals surface area contributed by atoms with Crippen LogP contribution < -0.4 is 10.5 Å². The molecule has 4 nitrogen and oxygen atoms in total. The Morgan fingerprint density at radius 1 is 1.47 bits per heavy atom. The van der Waals surface area contributed by atoms with Gasteiger partial charge in [-0.3, -0.25) is 0 Å². The Hall–Kier alpha value is -0.0800.